The van der Waals surface area contributed by atoms with Crippen molar-refractivity contribution in [2.75, 3.05) is 5.75 Å². The Kier molecular flexibility index (Phi) is 4.14. The highest BCUT2D eigenvalue weighted by atomic mass is 32.2. The van der Waals surface area contributed by atoms with Gasteiger partial charge in [0.2, 0.25) is 5.91 Å². The van der Waals surface area contributed by atoms with Gasteiger partial charge in [-0.25, -0.2) is 4.79 Å². The molecule has 0 heterocycles. The lowest BCUT2D eigenvalue weighted by atomic mass is 9.96. The van der Waals surface area contributed by atoms with Crippen LogP contribution in [0.25, 0.3) is 0 Å². The molecule has 1 aliphatic carbocycles. The molecule has 1 saturated carbocycles. The molecule has 1 aliphatic rings. The molecule has 0 spiro atoms. The van der Waals surface area contributed by atoms with Crippen LogP contribution in [-0.4, -0.2) is 28.3 Å². The van der Waals surface area contributed by atoms with E-state index in [1.54, 1.807) is 6.92 Å². The second-order valence-electron chi connectivity index (χ2n) is 4.93. The molecule has 5 heteroatoms. The quantitative estimate of drug-likeness (QED) is 0.783. The van der Waals surface area contributed by atoms with E-state index in [0.717, 1.165) is 17.7 Å². The van der Waals surface area contributed by atoms with Crippen molar-refractivity contribution >= 4 is 23.6 Å². The minimum Gasteiger partial charge on any atom is -0.480 e. The van der Waals surface area contributed by atoms with E-state index in [-0.39, 0.29) is 17.6 Å². The van der Waals surface area contributed by atoms with Crippen LogP contribution in [-0.2, 0) is 9.59 Å². The Labute approximate surface area is 116 Å². The van der Waals surface area contributed by atoms with Crippen LogP contribution in [0.3, 0.4) is 0 Å². The summed E-state index contributed by atoms with van der Waals surface area (Å²) in [5, 5.41) is 11.9. The minimum atomic E-state index is -1.12. The van der Waals surface area contributed by atoms with E-state index < -0.39 is 11.5 Å². The van der Waals surface area contributed by atoms with Crippen molar-refractivity contribution in [2.45, 2.75) is 30.2 Å². The van der Waals surface area contributed by atoms with Gasteiger partial charge in [-0.15, -0.1) is 11.8 Å². The van der Waals surface area contributed by atoms with Crippen molar-refractivity contribution in [1.82, 2.24) is 5.32 Å². The van der Waals surface area contributed by atoms with E-state index in [4.69, 9.17) is 0 Å². The predicted molar refractivity (Wildman–Crippen MR) is 74.1 cm³/mol. The molecule has 1 aromatic rings. The maximum absolute atomic E-state index is 11.9. The molecular weight excluding hydrogens is 262 g/mol. The summed E-state index contributed by atoms with van der Waals surface area (Å²) < 4.78 is 0. The third-order valence-corrected chi connectivity index (χ3v) is 4.36. The number of amides is 1. The molecule has 0 aromatic heterocycles. The summed E-state index contributed by atoms with van der Waals surface area (Å²) >= 11 is 1.41. The number of hydrogen-bond acceptors (Lipinski definition) is 3. The maximum atomic E-state index is 11.9. The molecule has 0 aliphatic heterocycles. The largest absolute Gasteiger partial charge is 0.480 e. The van der Waals surface area contributed by atoms with Gasteiger partial charge in [-0.1, -0.05) is 18.2 Å². The Morgan fingerprint density at radius 2 is 2.00 bits per heavy atom. The maximum Gasteiger partial charge on any atom is 0.329 e. The van der Waals surface area contributed by atoms with E-state index >= 15 is 0 Å². The first kappa shape index (κ1) is 13.9. The van der Waals surface area contributed by atoms with E-state index in [0.29, 0.717) is 0 Å². The van der Waals surface area contributed by atoms with Gasteiger partial charge in [0, 0.05) is 4.90 Å². The van der Waals surface area contributed by atoms with Gasteiger partial charge in [0.05, 0.1) is 5.75 Å². The van der Waals surface area contributed by atoms with Crippen molar-refractivity contribution < 1.29 is 14.7 Å². The molecule has 1 unspecified atom stereocenters. The first-order chi connectivity index (χ1) is 9.02. The number of aliphatic carboxylic acids is 1. The van der Waals surface area contributed by atoms with Gasteiger partial charge >= 0.3 is 5.97 Å². The summed E-state index contributed by atoms with van der Waals surface area (Å²) in [5.41, 5.74) is -1.12. The summed E-state index contributed by atoms with van der Waals surface area (Å²) in [5.74, 6) is -0.881. The van der Waals surface area contributed by atoms with Crippen LogP contribution in [0.15, 0.2) is 35.2 Å². The molecule has 0 saturated heterocycles. The average molecular weight is 279 g/mol. The number of thioether (sulfide) groups is 1. The molecule has 19 heavy (non-hydrogen) atoms. The molecule has 4 nitrogen and oxygen atoms in total. The van der Waals surface area contributed by atoms with Crippen LogP contribution in [0.1, 0.15) is 19.8 Å². The zero-order valence-corrected chi connectivity index (χ0v) is 11.6. The minimum absolute atomic E-state index is 0.0654. The number of hydrogen-bond donors (Lipinski definition) is 2. The van der Waals surface area contributed by atoms with Gasteiger partial charge in [-0.3, -0.25) is 4.79 Å². The van der Waals surface area contributed by atoms with Crippen molar-refractivity contribution in [3.8, 4) is 0 Å². The fourth-order valence-corrected chi connectivity index (χ4v) is 2.70. The van der Waals surface area contributed by atoms with Crippen molar-refractivity contribution in [3.05, 3.63) is 30.3 Å². The lowest BCUT2D eigenvalue weighted by molar-refractivity contribution is -0.147. The smallest absolute Gasteiger partial charge is 0.329 e. The molecule has 2 rings (SSSR count). The monoisotopic (exact) mass is 279 g/mol. The second-order valence-corrected chi connectivity index (χ2v) is 5.98. The third kappa shape index (κ3) is 3.50. The summed E-state index contributed by atoms with van der Waals surface area (Å²) in [6.45, 7) is 1.60. The molecule has 0 bridgehead atoms. The standard InChI is InChI=1S/C14H17NO3S/c1-14(13(17)18,10-7-8-10)15-12(16)9-19-11-5-3-2-4-6-11/h2-6,10H,7-9H2,1H3,(H,15,16)(H,17,18). The summed E-state index contributed by atoms with van der Waals surface area (Å²) in [7, 11) is 0. The number of rotatable bonds is 6. The van der Waals surface area contributed by atoms with E-state index in [1.807, 2.05) is 30.3 Å². The highest BCUT2D eigenvalue weighted by Crippen LogP contribution is 2.39. The van der Waals surface area contributed by atoms with Gasteiger partial charge in [-0.2, -0.15) is 0 Å². The number of carbonyl (C=O) groups excluding carboxylic acids is 1. The highest BCUT2D eigenvalue weighted by Gasteiger charge is 2.48. The fraction of sp³-hybridized carbons (Fsp3) is 0.429. The van der Waals surface area contributed by atoms with Crippen molar-refractivity contribution in [3.63, 3.8) is 0 Å². The summed E-state index contributed by atoms with van der Waals surface area (Å²) in [4.78, 5) is 24.2. The number of carbonyl (C=O) groups is 2. The zero-order chi connectivity index (χ0) is 13.9. The van der Waals surface area contributed by atoms with Gasteiger partial charge in [-0.05, 0) is 37.8 Å². The van der Waals surface area contributed by atoms with Gasteiger partial charge in [0.25, 0.3) is 0 Å². The molecule has 1 fully saturated rings. The van der Waals surface area contributed by atoms with Crippen LogP contribution in [0.4, 0.5) is 0 Å². The molecular formula is C14H17NO3S. The van der Waals surface area contributed by atoms with E-state index in [9.17, 15) is 14.7 Å². The van der Waals surface area contributed by atoms with E-state index in [2.05, 4.69) is 5.32 Å². The highest BCUT2D eigenvalue weighted by molar-refractivity contribution is 8.00. The summed E-state index contributed by atoms with van der Waals surface area (Å²) in [6.07, 6.45) is 1.74. The average Bonchev–Trinajstić information content (AvgIpc) is 3.22. The summed E-state index contributed by atoms with van der Waals surface area (Å²) in [6, 6.07) is 9.58. The Hall–Kier alpha value is -1.49. The van der Waals surface area contributed by atoms with Crippen LogP contribution in [0.2, 0.25) is 0 Å². The first-order valence-corrected chi connectivity index (χ1v) is 7.23. The molecule has 1 atom stereocenters. The van der Waals surface area contributed by atoms with Gasteiger partial charge in [0.15, 0.2) is 0 Å². The van der Waals surface area contributed by atoms with Gasteiger partial charge in [0.1, 0.15) is 5.54 Å². The zero-order valence-electron chi connectivity index (χ0n) is 10.8. The molecule has 0 radical (unpaired) electrons. The topological polar surface area (TPSA) is 66.4 Å². The lowest BCUT2D eigenvalue weighted by Crippen LogP contribution is -2.54. The molecule has 2 N–H and O–H groups in total. The fourth-order valence-electron chi connectivity index (χ4n) is 1.98. The van der Waals surface area contributed by atoms with Crippen molar-refractivity contribution in [2.24, 2.45) is 5.92 Å². The van der Waals surface area contributed by atoms with Crippen LogP contribution >= 0.6 is 11.8 Å². The number of benzene rings is 1. The van der Waals surface area contributed by atoms with Crippen molar-refractivity contribution in [1.29, 1.82) is 0 Å². The Morgan fingerprint density at radius 1 is 1.37 bits per heavy atom. The van der Waals surface area contributed by atoms with E-state index in [1.165, 1.54) is 11.8 Å². The first-order valence-electron chi connectivity index (χ1n) is 6.24. The molecule has 1 amide bonds. The Bertz CT molecular complexity index is 473. The van der Waals surface area contributed by atoms with Crippen LogP contribution in [0, 0.1) is 5.92 Å². The lowest BCUT2D eigenvalue weighted by Gasteiger charge is -2.26. The SMILES string of the molecule is CC(NC(=O)CSc1ccccc1)(C(=O)O)C1CC1. The molecule has 1 aromatic carbocycles. The molecule has 102 valence electrons. The number of nitrogens with one attached hydrogen (secondary N) is 1. The second kappa shape index (κ2) is 5.65. The number of carboxylic acid groups (broad SMARTS) is 1. The Balaban J connectivity index is 1.88. The van der Waals surface area contributed by atoms with Gasteiger partial charge < -0.3 is 10.4 Å². The normalized spacial score (nSPS) is 17.5. The van der Waals surface area contributed by atoms with Crippen LogP contribution < -0.4 is 5.32 Å². The Morgan fingerprint density at radius 3 is 2.53 bits per heavy atom. The number of carboxylic acids is 1. The predicted octanol–water partition coefficient (Wildman–Crippen LogP) is 2.15. The third-order valence-electron chi connectivity index (χ3n) is 3.35. The van der Waals surface area contributed by atoms with Crippen LogP contribution in [0.5, 0.6) is 0 Å².